The molecule has 1 aromatic heterocycles. The van der Waals surface area contributed by atoms with Crippen molar-refractivity contribution in [1.29, 1.82) is 5.26 Å². The van der Waals surface area contributed by atoms with Crippen molar-refractivity contribution in [2.75, 3.05) is 6.61 Å². The summed E-state index contributed by atoms with van der Waals surface area (Å²) in [4.78, 5) is 11.4. The Morgan fingerprint density at radius 3 is 3.00 bits per heavy atom. The summed E-state index contributed by atoms with van der Waals surface area (Å²) in [6.45, 7) is 3.52. The SMILES string of the molecule is C=CCOC(=O)C(C#N)=Cc1csc(Br)c1. The largest absolute Gasteiger partial charge is 0.457 e. The van der Waals surface area contributed by atoms with E-state index in [0.717, 1.165) is 9.35 Å². The van der Waals surface area contributed by atoms with Crippen molar-refractivity contribution in [3.63, 3.8) is 0 Å². The molecule has 0 amide bonds. The Bertz CT molecular complexity index is 471. The predicted molar refractivity (Wildman–Crippen MR) is 66.8 cm³/mol. The Morgan fingerprint density at radius 1 is 1.75 bits per heavy atom. The lowest BCUT2D eigenvalue weighted by molar-refractivity contribution is -0.137. The number of hydrogen-bond donors (Lipinski definition) is 0. The van der Waals surface area contributed by atoms with Gasteiger partial charge in [-0.3, -0.25) is 0 Å². The van der Waals surface area contributed by atoms with Crippen LogP contribution in [0.1, 0.15) is 5.56 Å². The molecule has 1 heterocycles. The summed E-state index contributed by atoms with van der Waals surface area (Å²) in [7, 11) is 0. The quantitative estimate of drug-likeness (QED) is 0.371. The molecule has 5 heteroatoms. The second-order valence-corrected chi connectivity index (χ2v) is 5.03. The summed E-state index contributed by atoms with van der Waals surface area (Å²) in [5, 5.41) is 10.6. The lowest BCUT2D eigenvalue weighted by Crippen LogP contribution is -2.06. The van der Waals surface area contributed by atoms with Crippen LogP contribution in [0.3, 0.4) is 0 Å². The van der Waals surface area contributed by atoms with Crippen LogP contribution in [-0.2, 0) is 9.53 Å². The van der Waals surface area contributed by atoms with E-state index in [1.165, 1.54) is 23.5 Å². The molecule has 0 N–H and O–H groups in total. The molecule has 0 radical (unpaired) electrons. The Hall–Kier alpha value is -1.38. The monoisotopic (exact) mass is 297 g/mol. The van der Waals surface area contributed by atoms with Gasteiger partial charge in [-0.05, 0) is 39.0 Å². The number of ether oxygens (including phenoxy) is 1. The molecule has 0 aromatic carbocycles. The number of carbonyl (C=O) groups excluding carboxylic acids is 1. The molecule has 0 aliphatic carbocycles. The summed E-state index contributed by atoms with van der Waals surface area (Å²) in [6, 6.07) is 3.63. The van der Waals surface area contributed by atoms with E-state index >= 15 is 0 Å². The lowest BCUT2D eigenvalue weighted by atomic mass is 10.2. The third-order valence-electron chi connectivity index (χ3n) is 1.57. The molecule has 0 bridgehead atoms. The molecule has 0 fully saturated rings. The molecule has 0 unspecified atom stereocenters. The van der Waals surface area contributed by atoms with Crippen molar-refractivity contribution in [3.8, 4) is 6.07 Å². The van der Waals surface area contributed by atoms with Gasteiger partial charge in [-0.25, -0.2) is 4.79 Å². The van der Waals surface area contributed by atoms with E-state index in [1.54, 1.807) is 0 Å². The fraction of sp³-hybridized carbons (Fsp3) is 0.0909. The van der Waals surface area contributed by atoms with Gasteiger partial charge < -0.3 is 4.74 Å². The van der Waals surface area contributed by atoms with Crippen molar-refractivity contribution >= 4 is 39.3 Å². The van der Waals surface area contributed by atoms with Gasteiger partial charge in [0.05, 0.1) is 3.79 Å². The van der Waals surface area contributed by atoms with Gasteiger partial charge in [0.1, 0.15) is 18.2 Å². The molecule has 0 atom stereocenters. The lowest BCUT2D eigenvalue weighted by Gasteiger charge is -1.98. The molecule has 82 valence electrons. The maximum absolute atomic E-state index is 11.4. The highest BCUT2D eigenvalue weighted by atomic mass is 79.9. The molecule has 16 heavy (non-hydrogen) atoms. The minimum atomic E-state index is -0.635. The molecular formula is C11H8BrNO2S. The van der Waals surface area contributed by atoms with Crippen LogP contribution in [0.25, 0.3) is 6.08 Å². The zero-order valence-electron chi connectivity index (χ0n) is 8.27. The highest BCUT2D eigenvalue weighted by molar-refractivity contribution is 9.11. The van der Waals surface area contributed by atoms with Gasteiger partial charge in [0.2, 0.25) is 0 Å². The van der Waals surface area contributed by atoms with Crippen LogP contribution >= 0.6 is 27.3 Å². The minimum absolute atomic E-state index is 0.0212. The average molecular weight is 298 g/mol. The Kier molecular flexibility index (Phi) is 4.96. The van der Waals surface area contributed by atoms with E-state index < -0.39 is 5.97 Å². The zero-order chi connectivity index (χ0) is 12.0. The van der Waals surface area contributed by atoms with E-state index in [2.05, 4.69) is 22.5 Å². The van der Waals surface area contributed by atoms with E-state index in [4.69, 9.17) is 10.00 Å². The van der Waals surface area contributed by atoms with Crippen LogP contribution in [0.15, 0.2) is 33.5 Å². The van der Waals surface area contributed by atoms with Gasteiger partial charge in [-0.2, -0.15) is 5.26 Å². The van der Waals surface area contributed by atoms with Crippen LogP contribution in [0, 0.1) is 11.3 Å². The third kappa shape index (κ3) is 3.65. The van der Waals surface area contributed by atoms with Crippen molar-refractivity contribution < 1.29 is 9.53 Å². The number of halogens is 1. The van der Waals surface area contributed by atoms with Crippen molar-refractivity contribution in [3.05, 3.63) is 39.0 Å². The van der Waals surface area contributed by atoms with Crippen LogP contribution < -0.4 is 0 Å². The summed E-state index contributed by atoms with van der Waals surface area (Å²) in [5.41, 5.74) is 0.774. The van der Waals surface area contributed by atoms with E-state index in [1.807, 2.05) is 17.5 Å². The number of thiophene rings is 1. The van der Waals surface area contributed by atoms with Crippen molar-refractivity contribution in [2.24, 2.45) is 0 Å². The molecule has 0 saturated heterocycles. The maximum atomic E-state index is 11.4. The molecule has 0 aliphatic rings. The number of nitrogens with zero attached hydrogens (tertiary/aromatic N) is 1. The number of carbonyl (C=O) groups is 1. The van der Waals surface area contributed by atoms with Crippen molar-refractivity contribution in [1.82, 2.24) is 0 Å². The summed E-state index contributed by atoms with van der Waals surface area (Å²) >= 11 is 4.78. The van der Waals surface area contributed by atoms with Gasteiger partial charge in [0.15, 0.2) is 0 Å². The number of nitriles is 1. The molecule has 3 nitrogen and oxygen atoms in total. The molecular weight excluding hydrogens is 290 g/mol. The van der Waals surface area contributed by atoms with Crippen LogP contribution in [0.5, 0.6) is 0 Å². The third-order valence-corrected chi connectivity index (χ3v) is 3.09. The van der Waals surface area contributed by atoms with Gasteiger partial charge >= 0.3 is 5.97 Å². The fourth-order valence-electron chi connectivity index (χ4n) is 0.915. The Balaban J connectivity index is 2.82. The van der Waals surface area contributed by atoms with Crippen molar-refractivity contribution in [2.45, 2.75) is 0 Å². The minimum Gasteiger partial charge on any atom is -0.457 e. The summed E-state index contributed by atoms with van der Waals surface area (Å²) < 4.78 is 5.71. The maximum Gasteiger partial charge on any atom is 0.349 e. The zero-order valence-corrected chi connectivity index (χ0v) is 10.7. The highest BCUT2D eigenvalue weighted by Gasteiger charge is 2.10. The van der Waals surface area contributed by atoms with E-state index in [0.29, 0.717) is 0 Å². The second-order valence-electron chi connectivity index (χ2n) is 2.74. The summed E-state index contributed by atoms with van der Waals surface area (Å²) in [5.74, 6) is -0.635. The van der Waals surface area contributed by atoms with E-state index in [-0.39, 0.29) is 12.2 Å². The smallest absolute Gasteiger partial charge is 0.349 e. The van der Waals surface area contributed by atoms with E-state index in [9.17, 15) is 4.79 Å². The predicted octanol–water partition coefficient (Wildman–Crippen LogP) is 3.15. The topological polar surface area (TPSA) is 50.1 Å². The Labute approximate surface area is 106 Å². The first-order valence-electron chi connectivity index (χ1n) is 4.31. The molecule has 0 saturated carbocycles. The normalized spacial score (nSPS) is 10.6. The molecule has 1 aromatic rings. The number of rotatable bonds is 4. The standard InChI is InChI=1S/C11H8BrNO2S/c1-2-3-15-11(14)9(6-13)4-8-5-10(12)16-7-8/h2,4-5,7H,1,3H2. The van der Waals surface area contributed by atoms with Gasteiger partial charge in [0, 0.05) is 0 Å². The van der Waals surface area contributed by atoms with Gasteiger partial charge in [-0.1, -0.05) is 12.7 Å². The average Bonchev–Trinajstić information content (AvgIpc) is 2.68. The number of hydrogen-bond acceptors (Lipinski definition) is 4. The molecule has 0 aliphatic heterocycles. The second kappa shape index (κ2) is 6.26. The highest BCUT2D eigenvalue weighted by Crippen LogP contribution is 2.22. The first kappa shape index (κ1) is 12.7. The van der Waals surface area contributed by atoms with Crippen LogP contribution in [-0.4, -0.2) is 12.6 Å². The molecule has 1 rings (SSSR count). The first-order chi connectivity index (χ1) is 7.67. The molecule has 0 spiro atoms. The Morgan fingerprint density at radius 2 is 2.50 bits per heavy atom. The number of esters is 1. The fourth-order valence-corrected chi connectivity index (χ4v) is 2.05. The van der Waals surface area contributed by atoms with Gasteiger partial charge in [0.25, 0.3) is 0 Å². The summed E-state index contributed by atoms with van der Waals surface area (Å²) in [6.07, 6.45) is 2.95. The van der Waals surface area contributed by atoms with Gasteiger partial charge in [-0.15, -0.1) is 11.3 Å². The van der Waals surface area contributed by atoms with Crippen LogP contribution in [0.4, 0.5) is 0 Å². The first-order valence-corrected chi connectivity index (χ1v) is 5.98. The van der Waals surface area contributed by atoms with Crippen LogP contribution in [0.2, 0.25) is 0 Å².